The smallest absolute Gasteiger partial charge is 0.319 e. The molecule has 0 bridgehead atoms. The van der Waals surface area contributed by atoms with Crippen molar-refractivity contribution in [3.05, 3.63) is 54.1 Å². The third-order valence-electron chi connectivity index (χ3n) is 3.15. The van der Waals surface area contributed by atoms with Gasteiger partial charge in [0.15, 0.2) is 0 Å². The van der Waals surface area contributed by atoms with Crippen molar-refractivity contribution < 1.29 is 23.0 Å². The fourth-order valence-corrected chi connectivity index (χ4v) is 2.06. The Labute approximate surface area is 144 Å². The summed E-state index contributed by atoms with van der Waals surface area (Å²) in [6, 6.07) is 13.3. The molecular weight excluding hydrogens is 330 g/mol. The lowest BCUT2D eigenvalue weighted by atomic mass is 10.2. The molecule has 0 aliphatic heterocycles. The van der Waals surface area contributed by atoms with Crippen molar-refractivity contribution >= 4 is 11.7 Å². The molecule has 7 heteroatoms. The number of nitrogens with one attached hydrogen (secondary N) is 2. The van der Waals surface area contributed by atoms with Crippen molar-refractivity contribution in [3.8, 4) is 11.5 Å². The maximum atomic E-state index is 12.2. The predicted octanol–water partition coefficient (Wildman–Crippen LogP) is 4.05. The number of benzene rings is 2. The van der Waals surface area contributed by atoms with E-state index in [0.29, 0.717) is 18.0 Å². The molecule has 0 aliphatic rings. The van der Waals surface area contributed by atoms with E-state index in [4.69, 9.17) is 9.47 Å². The van der Waals surface area contributed by atoms with E-state index < -0.39 is 13.0 Å². The highest BCUT2D eigenvalue weighted by atomic mass is 19.3. The number of ether oxygens (including phenoxy) is 2. The summed E-state index contributed by atoms with van der Waals surface area (Å²) in [6.45, 7) is 2.06. The summed E-state index contributed by atoms with van der Waals surface area (Å²) in [5, 5.41) is 5.39. The number of alkyl halides is 2. The molecular formula is C18H20F2N2O3. The molecule has 0 heterocycles. The zero-order valence-corrected chi connectivity index (χ0v) is 13.8. The van der Waals surface area contributed by atoms with Crippen molar-refractivity contribution in [2.75, 3.05) is 18.5 Å². The molecule has 0 atom stereocenters. The van der Waals surface area contributed by atoms with Crippen molar-refractivity contribution in [2.45, 2.75) is 19.9 Å². The minimum atomic E-state index is -2.53. The fourth-order valence-electron chi connectivity index (χ4n) is 2.06. The van der Waals surface area contributed by atoms with Crippen molar-refractivity contribution in [2.24, 2.45) is 0 Å². The highest BCUT2D eigenvalue weighted by molar-refractivity contribution is 5.89. The van der Waals surface area contributed by atoms with Crippen LogP contribution in [0.25, 0.3) is 0 Å². The van der Waals surface area contributed by atoms with Crippen LogP contribution in [0.15, 0.2) is 48.5 Å². The van der Waals surface area contributed by atoms with Crippen LogP contribution in [-0.4, -0.2) is 25.7 Å². The molecule has 2 aromatic carbocycles. The van der Waals surface area contributed by atoms with Gasteiger partial charge in [0.05, 0.1) is 6.61 Å². The van der Waals surface area contributed by atoms with Crippen LogP contribution in [0.3, 0.4) is 0 Å². The molecule has 5 nitrogen and oxygen atoms in total. The normalized spacial score (nSPS) is 10.4. The molecule has 134 valence electrons. The first-order valence-electron chi connectivity index (χ1n) is 7.84. The Morgan fingerprint density at radius 2 is 1.84 bits per heavy atom. The summed E-state index contributed by atoms with van der Waals surface area (Å²) in [5.74, 6) is 1.07. The second-order valence-corrected chi connectivity index (χ2v) is 5.11. The van der Waals surface area contributed by atoms with Gasteiger partial charge in [-0.15, -0.1) is 0 Å². The van der Waals surface area contributed by atoms with Gasteiger partial charge in [0, 0.05) is 12.2 Å². The minimum Gasteiger partial charge on any atom is -0.494 e. The van der Waals surface area contributed by atoms with Crippen molar-refractivity contribution in [1.29, 1.82) is 0 Å². The molecule has 2 amide bonds. The average molecular weight is 350 g/mol. The SMILES string of the molecule is CCOc1ccc(NC(=O)NCc2cccc(OCC(F)F)c2)cc1. The van der Waals surface area contributed by atoms with E-state index >= 15 is 0 Å². The highest BCUT2D eigenvalue weighted by Crippen LogP contribution is 2.16. The van der Waals surface area contributed by atoms with Crippen LogP contribution in [0.5, 0.6) is 11.5 Å². The Morgan fingerprint density at radius 1 is 1.08 bits per heavy atom. The number of carbonyl (C=O) groups is 1. The average Bonchev–Trinajstić information content (AvgIpc) is 2.60. The number of hydrogen-bond acceptors (Lipinski definition) is 3. The number of rotatable bonds is 8. The molecule has 2 rings (SSSR count). The lowest BCUT2D eigenvalue weighted by Gasteiger charge is -2.10. The van der Waals surface area contributed by atoms with Crippen LogP contribution >= 0.6 is 0 Å². The van der Waals surface area contributed by atoms with Gasteiger partial charge in [-0.05, 0) is 48.9 Å². The van der Waals surface area contributed by atoms with Crippen LogP contribution in [0.1, 0.15) is 12.5 Å². The van der Waals surface area contributed by atoms with Crippen molar-refractivity contribution in [1.82, 2.24) is 5.32 Å². The summed E-state index contributed by atoms with van der Waals surface area (Å²) < 4.78 is 34.6. The molecule has 0 spiro atoms. The van der Waals surface area contributed by atoms with Gasteiger partial charge in [0.2, 0.25) is 0 Å². The van der Waals surface area contributed by atoms with Gasteiger partial charge in [-0.2, -0.15) is 0 Å². The lowest BCUT2D eigenvalue weighted by molar-refractivity contribution is 0.0818. The second-order valence-electron chi connectivity index (χ2n) is 5.11. The fraction of sp³-hybridized carbons (Fsp3) is 0.278. The molecule has 2 N–H and O–H groups in total. The van der Waals surface area contributed by atoms with E-state index in [2.05, 4.69) is 10.6 Å². The van der Waals surface area contributed by atoms with Gasteiger partial charge in [-0.1, -0.05) is 12.1 Å². The van der Waals surface area contributed by atoms with E-state index in [0.717, 1.165) is 11.3 Å². The molecule has 0 saturated carbocycles. The largest absolute Gasteiger partial charge is 0.494 e. The van der Waals surface area contributed by atoms with Gasteiger partial charge < -0.3 is 20.1 Å². The van der Waals surface area contributed by atoms with Crippen LogP contribution in [0.4, 0.5) is 19.3 Å². The van der Waals surface area contributed by atoms with Gasteiger partial charge >= 0.3 is 6.03 Å². The van der Waals surface area contributed by atoms with Crippen LogP contribution in [-0.2, 0) is 6.54 Å². The minimum absolute atomic E-state index is 0.245. The number of hydrogen-bond donors (Lipinski definition) is 2. The molecule has 0 saturated heterocycles. The van der Waals surface area contributed by atoms with Gasteiger partial charge in [-0.25, -0.2) is 13.6 Å². The third-order valence-corrected chi connectivity index (χ3v) is 3.15. The van der Waals surface area contributed by atoms with Gasteiger partial charge in [0.1, 0.15) is 18.1 Å². The monoisotopic (exact) mass is 350 g/mol. The number of carbonyl (C=O) groups excluding carboxylic acids is 1. The third kappa shape index (κ3) is 6.66. The Morgan fingerprint density at radius 3 is 2.52 bits per heavy atom. The zero-order chi connectivity index (χ0) is 18.1. The van der Waals surface area contributed by atoms with E-state index in [1.165, 1.54) is 0 Å². The van der Waals surface area contributed by atoms with E-state index in [1.807, 2.05) is 6.92 Å². The number of halogens is 2. The van der Waals surface area contributed by atoms with E-state index in [9.17, 15) is 13.6 Å². The highest BCUT2D eigenvalue weighted by Gasteiger charge is 2.05. The molecule has 0 unspecified atom stereocenters. The molecule has 0 aromatic heterocycles. The summed E-state index contributed by atoms with van der Waals surface area (Å²) in [6.07, 6.45) is -2.53. The molecule has 0 fully saturated rings. The number of urea groups is 1. The topological polar surface area (TPSA) is 59.6 Å². The Hall–Kier alpha value is -2.83. The summed E-state index contributed by atoms with van der Waals surface area (Å²) >= 11 is 0. The Balaban J connectivity index is 1.82. The zero-order valence-electron chi connectivity index (χ0n) is 13.8. The first kappa shape index (κ1) is 18.5. The summed E-state index contributed by atoms with van der Waals surface area (Å²) in [5.41, 5.74) is 1.38. The first-order chi connectivity index (χ1) is 12.1. The lowest BCUT2D eigenvalue weighted by Crippen LogP contribution is -2.28. The predicted molar refractivity (Wildman–Crippen MR) is 91.4 cm³/mol. The Kier molecular flexibility index (Phi) is 7.00. The van der Waals surface area contributed by atoms with Gasteiger partial charge in [0.25, 0.3) is 6.43 Å². The van der Waals surface area contributed by atoms with E-state index in [-0.39, 0.29) is 12.6 Å². The molecule has 2 aromatic rings. The Bertz CT molecular complexity index is 678. The second kappa shape index (κ2) is 9.46. The maximum Gasteiger partial charge on any atom is 0.319 e. The van der Waals surface area contributed by atoms with E-state index in [1.54, 1.807) is 48.5 Å². The number of anilines is 1. The standard InChI is InChI=1S/C18H20F2N2O3/c1-2-24-15-8-6-14(7-9-15)22-18(23)21-11-13-4-3-5-16(10-13)25-12-17(19)20/h3-10,17H,2,11-12H2,1H3,(H2,21,22,23). The maximum absolute atomic E-state index is 12.2. The van der Waals surface area contributed by atoms with Crippen LogP contribution in [0.2, 0.25) is 0 Å². The van der Waals surface area contributed by atoms with Gasteiger partial charge in [-0.3, -0.25) is 0 Å². The summed E-state index contributed by atoms with van der Waals surface area (Å²) in [7, 11) is 0. The number of amides is 2. The first-order valence-corrected chi connectivity index (χ1v) is 7.84. The van der Waals surface area contributed by atoms with Crippen molar-refractivity contribution in [3.63, 3.8) is 0 Å². The quantitative estimate of drug-likeness (QED) is 0.755. The van der Waals surface area contributed by atoms with Crippen LogP contribution < -0.4 is 20.1 Å². The molecule has 0 radical (unpaired) electrons. The summed E-state index contributed by atoms with van der Waals surface area (Å²) in [4.78, 5) is 11.9. The molecule has 25 heavy (non-hydrogen) atoms. The van der Waals surface area contributed by atoms with Crippen LogP contribution in [0, 0.1) is 0 Å². The molecule has 0 aliphatic carbocycles.